The maximum atomic E-state index is 13.0. The average Bonchev–Trinajstić information content (AvgIpc) is 2.64. The van der Waals surface area contributed by atoms with Crippen molar-refractivity contribution in [2.75, 3.05) is 7.11 Å². The molecule has 0 unspecified atom stereocenters. The largest absolute Gasteiger partial charge is 0.467 e. The van der Waals surface area contributed by atoms with Crippen molar-refractivity contribution in [1.29, 1.82) is 0 Å². The number of fused-ring (bicyclic) bond motifs is 2. The highest BCUT2D eigenvalue weighted by molar-refractivity contribution is 6.16. The number of methoxy groups -OCH3 is 1. The number of carbonyl (C=O) groups is 2. The first-order valence-electron chi connectivity index (χ1n) is 7.75. The van der Waals surface area contributed by atoms with E-state index in [1.165, 1.54) is 7.11 Å². The smallest absolute Gasteiger partial charge is 0.329 e. The number of nitrogens with one attached hydrogen (secondary N) is 1. The molecule has 1 heterocycles. The first-order valence-corrected chi connectivity index (χ1v) is 7.75. The number of rotatable bonds is 4. The van der Waals surface area contributed by atoms with Gasteiger partial charge in [0.05, 0.1) is 23.7 Å². The second kappa shape index (κ2) is 7.02. The molecule has 0 bridgehead atoms. The lowest BCUT2D eigenvalue weighted by Gasteiger charge is -2.16. The van der Waals surface area contributed by atoms with E-state index < -0.39 is 12.0 Å². The molecule has 0 fully saturated rings. The van der Waals surface area contributed by atoms with E-state index in [-0.39, 0.29) is 12.3 Å². The van der Waals surface area contributed by atoms with E-state index in [0.29, 0.717) is 27.4 Å². The molecule has 3 rings (SSSR count). The third kappa shape index (κ3) is 3.15. The summed E-state index contributed by atoms with van der Waals surface area (Å²) >= 11 is 0. The van der Waals surface area contributed by atoms with Gasteiger partial charge in [-0.25, -0.2) is 9.78 Å². The summed E-state index contributed by atoms with van der Waals surface area (Å²) in [6.45, 7) is 0. The molecule has 5 nitrogen and oxygen atoms in total. The summed E-state index contributed by atoms with van der Waals surface area (Å²) in [6, 6.07) is 13.9. The van der Waals surface area contributed by atoms with Crippen molar-refractivity contribution in [3.8, 4) is 12.3 Å². The Balaban J connectivity index is 2.13. The van der Waals surface area contributed by atoms with E-state index in [1.807, 2.05) is 48.5 Å². The zero-order valence-corrected chi connectivity index (χ0v) is 13.7. The Morgan fingerprint density at radius 1 is 1.12 bits per heavy atom. The van der Waals surface area contributed by atoms with E-state index in [2.05, 4.69) is 16.2 Å². The summed E-state index contributed by atoms with van der Waals surface area (Å²) in [6.07, 6.45) is 5.35. The highest BCUT2D eigenvalue weighted by atomic mass is 16.5. The minimum absolute atomic E-state index is 0.0549. The minimum Gasteiger partial charge on any atom is -0.467 e. The van der Waals surface area contributed by atoms with Crippen molar-refractivity contribution in [1.82, 2.24) is 10.3 Å². The van der Waals surface area contributed by atoms with E-state index in [9.17, 15) is 9.59 Å². The van der Waals surface area contributed by atoms with Crippen LogP contribution in [0.15, 0.2) is 48.5 Å². The van der Waals surface area contributed by atoms with Crippen LogP contribution in [0.1, 0.15) is 16.8 Å². The summed E-state index contributed by atoms with van der Waals surface area (Å²) in [4.78, 5) is 29.4. The first-order chi connectivity index (χ1) is 12.2. The van der Waals surface area contributed by atoms with Gasteiger partial charge in [-0.1, -0.05) is 36.4 Å². The van der Waals surface area contributed by atoms with Gasteiger partial charge in [-0.2, -0.15) is 0 Å². The molecule has 2 aromatic carbocycles. The van der Waals surface area contributed by atoms with Crippen LogP contribution in [0.4, 0.5) is 0 Å². The zero-order chi connectivity index (χ0) is 17.8. The molecule has 0 spiro atoms. The Morgan fingerprint density at radius 3 is 2.20 bits per heavy atom. The third-order valence-electron chi connectivity index (χ3n) is 3.93. The molecule has 3 aromatic rings. The second-order valence-electron chi connectivity index (χ2n) is 5.48. The first kappa shape index (κ1) is 16.5. The number of para-hydroxylation sites is 2. The Hall–Kier alpha value is -3.39. The van der Waals surface area contributed by atoms with Crippen LogP contribution in [0.3, 0.4) is 0 Å². The predicted octanol–water partition coefficient (Wildman–Crippen LogP) is 2.68. The van der Waals surface area contributed by atoms with E-state index in [0.717, 1.165) is 0 Å². The maximum absolute atomic E-state index is 13.0. The van der Waals surface area contributed by atoms with E-state index in [4.69, 9.17) is 11.2 Å². The van der Waals surface area contributed by atoms with Crippen LogP contribution < -0.4 is 5.32 Å². The number of amides is 1. The standard InChI is InChI=1S/C20H16N2O3/c1-3-8-17(20(24)25-2)22-19(23)18-13-9-4-6-11-15(13)21-16-12-7-5-10-14(16)18/h1,4-7,9-12,17H,8H2,2H3,(H,22,23)/t17-/m0/s1. The fourth-order valence-electron chi connectivity index (χ4n) is 2.77. The van der Waals surface area contributed by atoms with E-state index >= 15 is 0 Å². The Kier molecular flexibility index (Phi) is 4.62. The third-order valence-corrected chi connectivity index (χ3v) is 3.93. The molecule has 1 aromatic heterocycles. The molecule has 0 saturated carbocycles. The number of carbonyl (C=O) groups excluding carboxylic acids is 2. The number of hydrogen-bond donors (Lipinski definition) is 1. The molecule has 5 heteroatoms. The Bertz CT molecular complexity index is 951. The molecule has 1 atom stereocenters. The van der Waals surface area contributed by atoms with Gasteiger partial charge < -0.3 is 10.1 Å². The number of nitrogens with zero attached hydrogens (tertiary/aromatic N) is 1. The number of benzene rings is 2. The monoisotopic (exact) mass is 332 g/mol. The zero-order valence-electron chi connectivity index (χ0n) is 13.7. The topological polar surface area (TPSA) is 68.3 Å². The lowest BCUT2D eigenvalue weighted by atomic mass is 10.0. The number of aromatic nitrogens is 1. The van der Waals surface area contributed by atoms with Gasteiger partial charge in [0.15, 0.2) is 0 Å². The van der Waals surface area contributed by atoms with Gasteiger partial charge >= 0.3 is 5.97 Å². The summed E-state index contributed by atoms with van der Waals surface area (Å²) < 4.78 is 4.72. The molecule has 0 saturated heterocycles. The SMILES string of the molecule is C#CC[C@H](NC(=O)c1c2ccccc2nc2ccccc12)C(=O)OC. The normalized spacial score (nSPS) is 11.7. The molecule has 0 aliphatic heterocycles. The quantitative estimate of drug-likeness (QED) is 0.453. The number of pyridine rings is 1. The number of hydrogen-bond acceptors (Lipinski definition) is 4. The summed E-state index contributed by atoms with van der Waals surface area (Å²) in [5, 5.41) is 4.11. The van der Waals surface area contributed by atoms with Crippen molar-refractivity contribution in [3.63, 3.8) is 0 Å². The highest BCUT2D eigenvalue weighted by Crippen LogP contribution is 2.26. The van der Waals surface area contributed by atoms with Crippen LogP contribution in [-0.4, -0.2) is 30.0 Å². The van der Waals surface area contributed by atoms with Gasteiger partial charge in [0.1, 0.15) is 6.04 Å². The maximum Gasteiger partial charge on any atom is 0.329 e. The van der Waals surface area contributed by atoms with Crippen molar-refractivity contribution in [2.45, 2.75) is 12.5 Å². The van der Waals surface area contributed by atoms with Crippen molar-refractivity contribution < 1.29 is 14.3 Å². The van der Waals surface area contributed by atoms with Gasteiger partial charge in [0.2, 0.25) is 0 Å². The van der Waals surface area contributed by atoms with E-state index in [1.54, 1.807) is 0 Å². The van der Waals surface area contributed by atoms with Crippen LogP contribution in [-0.2, 0) is 9.53 Å². The molecule has 0 radical (unpaired) electrons. The second-order valence-corrected chi connectivity index (χ2v) is 5.48. The van der Waals surface area contributed by atoms with Gasteiger partial charge in [-0.05, 0) is 12.1 Å². The molecular formula is C20H16N2O3. The average molecular weight is 332 g/mol. The summed E-state index contributed by atoms with van der Waals surface area (Å²) in [7, 11) is 1.26. The molecule has 0 aliphatic carbocycles. The molecule has 1 N–H and O–H groups in total. The van der Waals surface area contributed by atoms with Crippen molar-refractivity contribution in [3.05, 3.63) is 54.1 Å². The van der Waals surface area contributed by atoms with Crippen LogP contribution in [0.2, 0.25) is 0 Å². The van der Waals surface area contributed by atoms with Crippen molar-refractivity contribution in [2.24, 2.45) is 0 Å². The van der Waals surface area contributed by atoms with Crippen LogP contribution >= 0.6 is 0 Å². The van der Waals surface area contributed by atoms with Crippen molar-refractivity contribution >= 4 is 33.7 Å². The van der Waals surface area contributed by atoms with Crippen LogP contribution in [0.25, 0.3) is 21.8 Å². The van der Waals surface area contributed by atoms with Crippen LogP contribution in [0.5, 0.6) is 0 Å². The molecule has 1 amide bonds. The summed E-state index contributed by atoms with van der Waals surface area (Å²) in [5.41, 5.74) is 1.88. The number of terminal acetylenes is 1. The van der Waals surface area contributed by atoms with Gasteiger partial charge in [0, 0.05) is 17.2 Å². The molecule has 0 aliphatic rings. The van der Waals surface area contributed by atoms with Crippen LogP contribution in [0, 0.1) is 12.3 Å². The molecular weight excluding hydrogens is 316 g/mol. The number of esters is 1. The predicted molar refractivity (Wildman–Crippen MR) is 96.0 cm³/mol. The van der Waals surface area contributed by atoms with Gasteiger partial charge in [-0.15, -0.1) is 12.3 Å². The van der Waals surface area contributed by atoms with Gasteiger partial charge in [0.25, 0.3) is 5.91 Å². The fraction of sp³-hybridized carbons (Fsp3) is 0.150. The Morgan fingerprint density at radius 2 is 1.68 bits per heavy atom. The number of ether oxygens (including phenoxy) is 1. The molecule has 124 valence electrons. The Labute approximate surface area is 145 Å². The minimum atomic E-state index is -0.895. The molecule has 25 heavy (non-hydrogen) atoms. The highest BCUT2D eigenvalue weighted by Gasteiger charge is 2.23. The van der Waals surface area contributed by atoms with Gasteiger partial charge in [-0.3, -0.25) is 4.79 Å². The lowest BCUT2D eigenvalue weighted by Crippen LogP contribution is -2.41. The fourth-order valence-corrected chi connectivity index (χ4v) is 2.77. The summed E-state index contributed by atoms with van der Waals surface area (Å²) in [5.74, 6) is 1.42. The lowest BCUT2D eigenvalue weighted by molar-refractivity contribution is -0.142.